The van der Waals surface area contributed by atoms with Gasteiger partial charge in [0.25, 0.3) is 0 Å². The summed E-state index contributed by atoms with van der Waals surface area (Å²) in [5.41, 5.74) is 10.4. The molecule has 10 heteroatoms. The third kappa shape index (κ3) is 11.6. The number of nitrogens with zero attached hydrogens (tertiary/aromatic N) is 3. The van der Waals surface area contributed by atoms with Gasteiger partial charge in [-0.1, -0.05) is 138 Å². The molecule has 0 amide bonds. The van der Waals surface area contributed by atoms with Gasteiger partial charge in [0, 0.05) is 23.6 Å². The predicted octanol–water partition coefficient (Wildman–Crippen LogP) is 7.47. The zero-order chi connectivity index (χ0) is 46.4. The number of ketones is 1. The van der Waals surface area contributed by atoms with Crippen molar-refractivity contribution in [2.75, 3.05) is 13.7 Å². The molecule has 0 spiro atoms. The molecular formula is C55H73MgN4O5-. The van der Waals surface area contributed by atoms with E-state index in [1.165, 1.54) is 57.6 Å². The van der Waals surface area contributed by atoms with Crippen molar-refractivity contribution in [3.8, 4) is 0 Å². The molecule has 0 radical (unpaired) electrons. The van der Waals surface area contributed by atoms with E-state index in [1.807, 2.05) is 51.2 Å². The molecule has 3 aromatic heterocycles. The number of nitrogens with one attached hydrogen (secondary N) is 1. The van der Waals surface area contributed by atoms with Crippen LogP contribution in [0.1, 0.15) is 169 Å². The average molecular weight is 895 g/mol. The van der Waals surface area contributed by atoms with E-state index in [-0.39, 0.29) is 53.8 Å². The molecule has 1 aliphatic carbocycles. The Morgan fingerprint density at radius 2 is 1.48 bits per heavy atom. The summed E-state index contributed by atoms with van der Waals surface area (Å²) in [6, 6.07) is -0.525. The van der Waals surface area contributed by atoms with Crippen molar-refractivity contribution >= 4 is 70.7 Å². The Kier molecular flexibility index (Phi) is 18.3. The summed E-state index contributed by atoms with van der Waals surface area (Å²) in [6.45, 7) is 26.0. The number of Topliss-reactive ketones (excluding diaryl/α,β-unsaturated/α-hetero) is 1. The van der Waals surface area contributed by atoms with E-state index in [1.54, 1.807) is 0 Å². The Balaban J connectivity index is 0.00000793. The first-order valence-corrected chi connectivity index (χ1v) is 24.0. The van der Waals surface area contributed by atoms with Crippen LogP contribution in [0.4, 0.5) is 0 Å². The van der Waals surface area contributed by atoms with Crippen LogP contribution in [0.3, 0.4) is 0 Å². The summed E-state index contributed by atoms with van der Waals surface area (Å²) < 4.78 is 11.1. The first kappa shape index (κ1) is 51.7. The molecule has 1 unspecified atom stereocenters. The fraction of sp³-hybridized carbons (Fsp3) is 0.545. The number of aromatic nitrogens is 3. The fourth-order valence-corrected chi connectivity index (χ4v) is 10.3. The van der Waals surface area contributed by atoms with Gasteiger partial charge in [0.05, 0.1) is 13.2 Å². The van der Waals surface area contributed by atoms with E-state index in [9.17, 15) is 14.4 Å². The fourth-order valence-electron chi connectivity index (χ4n) is 10.3. The minimum Gasteiger partial charge on any atom is -0.657 e. The molecule has 1 N–H and O–H groups in total. The van der Waals surface area contributed by atoms with E-state index in [2.05, 4.69) is 60.4 Å². The average Bonchev–Trinajstić information content (AvgIpc) is 3.99. The van der Waals surface area contributed by atoms with Crippen LogP contribution in [0.15, 0.2) is 29.5 Å². The van der Waals surface area contributed by atoms with Gasteiger partial charge in [0.2, 0.25) is 0 Å². The molecule has 0 saturated carbocycles. The molecule has 3 aromatic rings. The molecule has 65 heavy (non-hydrogen) atoms. The molecule has 2 aliphatic heterocycles. The number of ether oxygens (including phenoxy) is 2. The van der Waals surface area contributed by atoms with Gasteiger partial charge in [-0.05, 0) is 101 Å². The van der Waals surface area contributed by atoms with Crippen molar-refractivity contribution in [2.45, 2.75) is 152 Å². The van der Waals surface area contributed by atoms with Gasteiger partial charge in [0.15, 0.2) is 5.78 Å². The maximum Gasteiger partial charge on any atom is 2.00 e. The zero-order valence-corrected chi connectivity index (χ0v) is 42.8. The number of carbonyl (C=O) groups excluding carboxylic acids is 3. The molecule has 0 saturated heterocycles. The number of allylic oxidation sites excluding steroid dienone is 2. The quantitative estimate of drug-likeness (QED) is 0.0533. The normalized spacial score (nSPS) is 20.3. The monoisotopic (exact) mass is 894 g/mol. The summed E-state index contributed by atoms with van der Waals surface area (Å²) in [5, 5.41) is 6.41. The van der Waals surface area contributed by atoms with E-state index >= 15 is 0 Å². The van der Waals surface area contributed by atoms with Crippen molar-refractivity contribution in [1.82, 2.24) is 20.3 Å². The second kappa shape index (κ2) is 22.9. The molecule has 0 aromatic carbocycles. The van der Waals surface area contributed by atoms with Crippen molar-refractivity contribution in [2.24, 2.45) is 29.6 Å². The van der Waals surface area contributed by atoms with Crippen LogP contribution in [-0.2, 0) is 25.5 Å². The molecule has 0 fully saturated rings. The maximum absolute atomic E-state index is 14.4. The maximum atomic E-state index is 14.4. The van der Waals surface area contributed by atoms with E-state index in [0.717, 1.165) is 86.7 Å². The molecule has 5 atom stereocenters. The van der Waals surface area contributed by atoms with Crippen LogP contribution in [0.5, 0.6) is 0 Å². The van der Waals surface area contributed by atoms with E-state index < -0.39 is 17.9 Å². The summed E-state index contributed by atoms with van der Waals surface area (Å²) in [7, 11) is 1.31. The first-order valence-electron chi connectivity index (χ1n) is 24.0. The second-order valence-electron chi connectivity index (χ2n) is 19.5. The molecule has 8 bridgehead atoms. The third-order valence-electron chi connectivity index (χ3n) is 14.3. The Morgan fingerprint density at radius 1 is 0.831 bits per heavy atom. The number of fused-ring (bicyclic) bond motifs is 8. The van der Waals surface area contributed by atoms with Crippen molar-refractivity contribution in [1.29, 1.82) is 0 Å². The van der Waals surface area contributed by atoms with Crippen LogP contribution >= 0.6 is 0 Å². The number of hydrogen-bond donors (Lipinski definition) is 1. The third-order valence-corrected chi connectivity index (χ3v) is 14.3. The minimum absolute atomic E-state index is 0. The molecule has 346 valence electrons. The Morgan fingerprint density at radius 3 is 2.12 bits per heavy atom. The molecular weight excluding hydrogens is 821 g/mol. The molecule has 6 rings (SSSR count). The smallest absolute Gasteiger partial charge is 0.657 e. The van der Waals surface area contributed by atoms with Crippen LogP contribution in [-0.4, -0.2) is 60.5 Å². The minimum atomic E-state index is -1.16. The number of esters is 2. The first-order chi connectivity index (χ1) is 30.6. The van der Waals surface area contributed by atoms with Crippen molar-refractivity contribution < 1.29 is 23.9 Å². The van der Waals surface area contributed by atoms with Gasteiger partial charge < -0.3 is 29.7 Å². The standard InChI is InChI=1S/C55H74N4O5.Mg/c1-13-39-35(8)42-28-44-37(10)41(24-25-48(60)64-27-26-34(7)23-17-22-33(6)21-16-20-32(5)19-15-18-31(3)4)52(58-44)50-51(55(62)63-12)54(61)49-38(11)45(59-53(49)50)30-47-40(14-2)36(9)43(57-47)29-46(39)56-42;/h13,26,28-33,41,51-52,58H,1,14-25,27H2,2-12H3,(H-,56,57,61);/q-2;+2/p-1/b34-26+,42-28-;/t32-,33-,41+,51-,52?;/m1./s1. The Labute approximate surface area is 404 Å². The van der Waals surface area contributed by atoms with Gasteiger partial charge in [0.1, 0.15) is 12.5 Å². The number of hydrogen-bond acceptors (Lipinski definition) is 6. The second-order valence-corrected chi connectivity index (χ2v) is 19.5. The largest absolute Gasteiger partial charge is 2.00 e. The molecule has 5 heterocycles. The number of methoxy groups -OCH3 is 1. The van der Waals surface area contributed by atoms with Crippen LogP contribution < -0.4 is 41.7 Å². The van der Waals surface area contributed by atoms with E-state index in [0.29, 0.717) is 39.7 Å². The van der Waals surface area contributed by atoms with Gasteiger partial charge in [-0.25, -0.2) is 0 Å². The molecule has 3 aliphatic rings. The van der Waals surface area contributed by atoms with Crippen LogP contribution in [0.25, 0.3) is 29.9 Å². The summed E-state index contributed by atoms with van der Waals surface area (Å²) in [6.07, 6.45) is 22.5. The van der Waals surface area contributed by atoms with Gasteiger partial charge in [-0.3, -0.25) is 14.4 Å². The van der Waals surface area contributed by atoms with Crippen molar-refractivity contribution in [3.63, 3.8) is 0 Å². The van der Waals surface area contributed by atoms with Crippen LogP contribution in [0, 0.1) is 50.4 Å². The van der Waals surface area contributed by atoms with Gasteiger partial charge in [-0.15, -0.1) is 32.8 Å². The Bertz CT molecular complexity index is 2560. The zero-order valence-electron chi connectivity index (χ0n) is 41.3. The summed E-state index contributed by atoms with van der Waals surface area (Å²) >= 11 is 0. The number of carbonyl (C=O) groups is 3. The number of rotatable bonds is 20. The summed E-state index contributed by atoms with van der Waals surface area (Å²) in [4.78, 5) is 56.7. The van der Waals surface area contributed by atoms with Gasteiger partial charge in [-0.2, -0.15) is 0 Å². The Hall–Kier alpha value is -4.28. The predicted molar refractivity (Wildman–Crippen MR) is 264 cm³/mol. The van der Waals surface area contributed by atoms with E-state index in [4.69, 9.17) is 24.4 Å². The molecule has 9 nitrogen and oxygen atoms in total. The van der Waals surface area contributed by atoms with Gasteiger partial charge >= 0.3 is 35.0 Å². The van der Waals surface area contributed by atoms with Crippen molar-refractivity contribution in [3.05, 3.63) is 95.7 Å². The van der Waals surface area contributed by atoms with Crippen LogP contribution in [0.2, 0.25) is 0 Å². The SMILES string of the molecule is C=Cc1c(C)/c2[n-]/c1=C\c1[n-]c(c(CC)c1C)/C=c1\[n-]c3c(c1C)C(=O)[C@H](C(=O)OC)C=3C1NC(=C(C)[C@@H]1CCC(=O)OC/C=C(\C)CCC[C@H](C)CCC[C@H](C)CCCC(C)C)\C=2.[Mg+2]. The topological polar surface area (TPSA) is 124 Å². The summed E-state index contributed by atoms with van der Waals surface area (Å²) in [5.74, 6) is -0.335.